The Morgan fingerprint density at radius 3 is 2.50 bits per heavy atom. The third kappa shape index (κ3) is 5.89. The van der Waals surface area contributed by atoms with Crippen LogP contribution in [0.2, 0.25) is 5.02 Å². The smallest absolute Gasteiger partial charge is 0.243 e. The molecule has 30 heavy (non-hydrogen) atoms. The Hall–Kier alpha value is -2.74. The van der Waals surface area contributed by atoms with Crippen molar-refractivity contribution >= 4 is 27.5 Å². The van der Waals surface area contributed by atoms with Crippen LogP contribution in [0, 0.1) is 6.92 Å². The van der Waals surface area contributed by atoms with E-state index in [0.29, 0.717) is 10.7 Å². The van der Waals surface area contributed by atoms with Gasteiger partial charge in [0, 0.05) is 17.8 Å². The van der Waals surface area contributed by atoms with Gasteiger partial charge in [-0.3, -0.25) is 9.78 Å². The molecule has 0 aliphatic rings. The van der Waals surface area contributed by atoms with Crippen molar-refractivity contribution in [3.63, 3.8) is 0 Å². The molecule has 1 amide bonds. The van der Waals surface area contributed by atoms with E-state index in [1.165, 1.54) is 28.6 Å². The van der Waals surface area contributed by atoms with Crippen molar-refractivity contribution in [3.8, 4) is 0 Å². The van der Waals surface area contributed by atoms with Gasteiger partial charge in [0.15, 0.2) is 0 Å². The van der Waals surface area contributed by atoms with Crippen LogP contribution < -0.4 is 5.32 Å². The Balaban J connectivity index is 1.81. The van der Waals surface area contributed by atoms with Crippen LogP contribution in [-0.2, 0) is 27.9 Å². The predicted molar refractivity (Wildman–Crippen MR) is 116 cm³/mol. The Labute approximate surface area is 181 Å². The minimum atomic E-state index is -3.91. The topological polar surface area (TPSA) is 79.4 Å². The lowest BCUT2D eigenvalue weighted by Gasteiger charge is -2.22. The van der Waals surface area contributed by atoms with Gasteiger partial charge < -0.3 is 5.32 Å². The number of pyridine rings is 1. The van der Waals surface area contributed by atoms with Crippen LogP contribution in [0.15, 0.2) is 77.8 Å². The lowest BCUT2D eigenvalue weighted by molar-refractivity contribution is -0.121. The maximum atomic E-state index is 13.2. The number of rotatable bonds is 8. The summed E-state index contributed by atoms with van der Waals surface area (Å²) in [6.07, 6.45) is 1.64. The third-order valence-corrected chi connectivity index (χ3v) is 6.46. The molecule has 0 atom stereocenters. The maximum absolute atomic E-state index is 13.2. The Morgan fingerprint density at radius 1 is 1.07 bits per heavy atom. The molecule has 0 saturated carbocycles. The fraction of sp³-hybridized carbons (Fsp3) is 0.182. The van der Waals surface area contributed by atoms with E-state index in [0.717, 1.165) is 11.1 Å². The van der Waals surface area contributed by atoms with Crippen molar-refractivity contribution in [1.29, 1.82) is 0 Å². The van der Waals surface area contributed by atoms with Crippen molar-refractivity contribution < 1.29 is 13.2 Å². The van der Waals surface area contributed by atoms with Crippen molar-refractivity contribution in [2.45, 2.75) is 24.9 Å². The van der Waals surface area contributed by atoms with Gasteiger partial charge in [0.2, 0.25) is 15.9 Å². The summed E-state index contributed by atoms with van der Waals surface area (Å²) in [5.74, 6) is -0.411. The Morgan fingerprint density at radius 2 is 1.83 bits per heavy atom. The predicted octanol–water partition coefficient (Wildman–Crippen LogP) is 3.55. The third-order valence-electron chi connectivity index (χ3n) is 4.41. The van der Waals surface area contributed by atoms with Crippen LogP contribution in [0.4, 0.5) is 0 Å². The average Bonchev–Trinajstić information content (AvgIpc) is 2.73. The second-order valence-corrected chi connectivity index (χ2v) is 9.19. The van der Waals surface area contributed by atoms with Gasteiger partial charge in [-0.1, -0.05) is 47.5 Å². The van der Waals surface area contributed by atoms with Gasteiger partial charge in [-0.15, -0.1) is 0 Å². The number of amides is 1. The molecule has 3 aromatic rings. The molecule has 1 N–H and O–H groups in total. The van der Waals surface area contributed by atoms with Gasteiger partial charge in [0.25, 0.3) is 0 Å². The first-order valence-electron chi connectivity index (χ1n) is 9.32. The summed E-state index contributed by atoms with van der Waals surface area (Å²) in [4.78, 5) is 16.8. The molecule has 3 rings (SSSR count). The van der Waals surface area contributed by atoms with Crippen LogP contribution in [0.25, 0.3) is 0 Å². The second kappa shape index (κ2) is 9.84. The van der Waals surface area contributed by atoms with Gasteiger partial charge in [-0.2, -0.15) is 4.31 Å². The molecule has 1 heterocycles. The Kier molecular flexibility index (Phi) is 7.20. The summed E-state index contributed by atoms with van der Waals surface area (Å²) in [5, 5.41) is 3.17. The first-order valence-corrected chi connectivity index (χ1v) is 11.1. The van der Waals surface area contributed by atoms with E-state index in [2.05, 4.69) is 10.3 Å². The summed E-state index contributed by atoms with van der Waals surface area (Å²) < 4.78 is 27.6. The average molecular weight is 444 g/mol. The number of aromatic nitrogens is 1. The van der Waals surface area contributed by atoms with E-state index in [-0.39, 0.29) is 24.5 Å². The van der Waals surface area contributed by atoms with Gasteiger partial charge >= 0.3 is 0 Å². The molecule has 0 aliphatic heterocycles. The molecule has 0 bridgehead atoms. The van der Waals surface area contributed by atoms with Crippen LogP contribution in [-0.4, -0.2) is 30.2 Å². The Bertz CT molecular complexity index is 1100. The number of carbonyl (C=O) groups excluding carboxylic acids is 1. The van der Waals surface area contributed by atoms with Crippen LogP contribution in [0.3, 0.4) is 0 Å². The zero-order valence-electron chi connectivity index (χ0n) is 16.5. The molecular weight excluding hydrogens is 422 g/mol. The van der Waals surface area contributed by atoms with E-state index in [1.807, 2.05) is 37.3 Å². The molecule has 8 heteroatoms. The van der Waals surface area contributed by atoms with E-state index < -0.39 is 15.9 Å². The zero-order valence-corrected chi connectivity index (χ0v) is 18.0. The highest BCUT2D eigenvalue weighted by molar-refractivity contribution is 7.89. The number of sulfonamides is 1. The first-order chi connectivity index (χ1) is 14.3. The fourth-order valence-electron chi connectivity index (χ4n) is 2.90. The highest BCUT2D eigenvalue weighted by Gasteiger charge is 2.27. The van der Waals surface area contributed by atoms with Crippen molar-refractivity contribution in [1.82, 2.24) is 14.6 Å². The number of hydrogen-bond acceptors (Lipinski definition) is 4. The highest BCUT2D eigenvalue weighted by atomic mass is 35.5. The summed E-state index contributed by atoms with van der Waals surface area (Å²) in [6.45, 7) is 1.91. The number of halogens is 1. The fourth-order valence-corrected chi connectivity index (χ4v) is 4.41. The quantitative estimate of drug-likeness (QED) is 0.577. The first kappa shape index (κ1) is 22.0. The standard InChI is InChI=1S/C22H22ClN3O3S/c1-17-5-4-6-18(13-17)15-26(30(28,29)21-10-8-19(23)9-11-21)16-22(27)25-14-20-7-2-3-12-24-20/h2-13H,14-16H2,1H3,(H,25,27). The molecule has 0 spiro atoms. The number of nitrogens with zero attached hydrogens (tertiary/aromatic N) is 2. The molecule has 0 saturated heterocycles. The molecule has 0 radical (unpaired) electrons. The van der Waals surface area contributed by atoms with Crippen molar-refractivity contribution in [2.24, 2.45) is 0 Å². The van der Waals surface area contributed by atoms with E-state index >= 15 is 0 Å². The van der Waals surface area contributed by atoms with Gasteiger partial charge in [0.05, 0.1) is 23.7 Å². The molecular formula is C22H22ClN3O3S. The highest BCUT2D eigenvalue weighted by Crippen LogP contribution is 2.21. The van der Waals surface area contributed by atoms with Crippen molar-refractivity contribution in [3.05, 3.63) is 94.8 Å². The minimum absolute atomic E-state index is 0.0731. The monoisotopic (exact) mass is 443 g/mol. The molecule has 6 nitrogen and oxygen atoms in total. The molecule has 0 aliphatic carbocycles. The van der Waals surface area contributed by atoms with Crippen molar-refractivity contribution in [2.75, 3.05) is 6.54 Å². The second-order valence-electron chi connectivity index (χ2n) is 6.81. The summed E-state index contributed by atoms with van der Waals surface area (Å²) in [5.41, 5.74) is 2.50. The van der Waals surface area contributed by atoms with Crippen LogP contribution >= 0.6 is 11.6 Å². The zero-order chi connectivity index (χ0) is 21.6. The van der Waals surface area contributed by atoms with Crippen LogP contribution in [0.5, 0.6) is 0 Å². The summed E-state index contributed by atoms with van der Waals surface area (Å²) >= 11 is 5.89. The normalized spacial score (nSPS) is 11.4. The van der Waals surface area contributed by atoms with Gasteiger partial charge in [0.1, 0.15) is 0 Å². The lowest BCUT2D eigenvalue weighted by atomic mass is 10.1. The molecule has 0 fully saturated rings. The largest absolute Gasteiger partial charge is 0.349 e. The number of carbonyl (C=O) groups is 1. The SMILES string of the molecule is Cc1cccc(CN(CC(=O)NCc2ccccn2)S(=O)(=O)c2ccc(Cl)cc2)c1. The molecule has 156 valence electrons. The lowest BCUT2D eigenvalue weighted by Crippen LogP contribution is -2.40. The van der Waals surface area contributed by atoms with E-state index in [9.17, 15) is 13.2 Å². The molecule has 0 unspecified atom stereocenters. The number of hydrogen-bond donors (Lipinski definition) is 1. The maximum Gasteiger partial charge on any atom is 0.243 e. The molecule has 2 aromatic carbocycles. The minimum Gasteiger partial charge on any atom is -0.349 e. The van der Waals surface area contributed by atoms with Gasteiger partial charge in [-0.25, -0.2) is 8.42 Å². The summed E-state index contributed by atoms with van der Waals surface area (Å²) in [7, 11) is -3.91. The van der Waals surface area contributed by atoms with Crippen LogP contribution in [0.1, 0.15) is 16.8 Å². The van der Waals surface area contributed by atoms with E-state index in [4.69, 9.17) is 11.6 Å². The number of nitrogens with one attached hydrogen (secondary N) is 1. The number of benzene rings is 2. The molecule has 1 aromatic heterocycles. The van der Waals surface area contributed by atoms with Gasteiger partial charge in [-0.05, 0) is 48.9 Å². The van der Waals surface area contributed by atoms with E-state index in [1.54, 1.807) is 18.3 Å². The summed E-state index contributed by atoms with van der Waals surface area (Å²) in [6, 6.07) is 18.8. The number of aryl methyl sites for hydroxylation is 1.